The third-order valence-electron chi connectivity index (χ3n) is 3.27. The van der Waals surface area contributed by atoms with E-state index < -0.39 is 23.6 Å². The minimum atomic E-state index is -0.982. The SMILES string of the molecule is CN1NC(=O)C(CC(=O)Nc2ccc3c(c2)OCO3)C1=O. The molecular formula is C13H13N3O5. The molecule has 0 spiro atoms. The number of ether oxygens (including phenoxy) is 2. The first kappa shape index (κ1) is 13.2. The summed E-state index contributed by atoms with van der Waals surface area (Å²) in [6, 6.07) is 4.97. The molecule has 3 rings (SSSR count). The van der Waals surface area contributed by atoms with E-state index in [1.54, 1.807) is 18.2 Å². The number of anilines is 1. The average Bonchev–Trinajstić information content (AvgIpc) is 2.99. The van der Waals surface area contributed by atoms with Crippen molar-refractivity contribution in [3.63, 3.8) is 0 Å². The summed E-state index contributed by atoms with van der Waals surface area (Å²) in [4.78, 5) is 35.2. The molecule has 0 saturated carbocycles. The summed E-state index contributed by atoms with van der Waals surface area (Å²) in [5.74, 6) is -1.13. The molecule has 1 saturated heterocycles. The summed E-state index contributed by atoms with van der Waals surface area (Å²) in [6.07, 6.45) is -0.205. The number of hydrazine groups is 1. The van der Waals surface area contributed by atoms with Crippen molar-refractivity contribution in [1.82, 2.24) is 10.4 Å². The van der Waals surface area contributed by atoms with Crippen LogP contribution >= 0.6 is 0 Å². The lowest BCUT2D eigenvalue weighted by Crippen LogP contribution is -2.31. The van der Waals surface area contributed by atoms with Crippen molar-refractivity contribution >= 4 is 23.4 Å². The molecule has 8 heteroatoms. The quantitative estimate of drug-likeness (QED) is 0.756. The van der Waals surface area contributed by atoms with Crippen LogP contribution in [0.5, 0.6) is 11.5 Å². The number of hydrogen-bond acceptors (Lipinski definition) is 5. The predicted octanol–water partition coefficient (Wildman–Crippen LogP) is -0.137. The molecule has 8 nitrogen and oxygen atoms in total. The molecule has 1 atom stereocenters. The van der Waals surface area contributed by atoms with E-state index in [-0.39, 0.29) is 13.2 Å². The fourth-order valence-corrected chi connectivity index (χ4v) is 2.20. The highest BCUT2D eigenvalue weighted by molar-refractivity contribution is 6.08. The molecule has 1 aromatic carbocycles. The van der Waals surface area contributed by atoms with E-state index in [9.17, 15) is 14.4 Å². The maximum absolute atomic E-state index is 11.9. The Labute approximate surface area is 120 Å². The third-order valence-corrected chi connectivity index (χ3v) is 3.27. The van der Waals surface area contributed by atoms with Gasteiger partial charge in [0.1, 0.15) is 5.92 Å². The van der Waals surface area contributed by atoms with E-state index in [0.717, 1.165) is 5.01 Å². The van der Waals surface area contributed by atoms with Crippen LogP contribution < -0.4 is 20.2 Å². The molecule has 0 aromatic heterocycles. The number of amides is 3. The van der Waals surface area contributed by atoms with Crippen LogP contribution in [0.2, 0.25) is 0 Å². The first-order chi connectivity index (χ1) is 10.0. The zero-order chi connectivity index (χ0) is 15.0. The lowest BCUT2D eigenvalue weighted by molar-refractivity contribution is -0.134. The van der Waals surface area contributed by atoms with Crippen LogP contribution in [0.1, 0.15) is 6.42 Å². The Hall–Kier alpha value is -2.77. The number of fused-ring (bicyclic) bond motifs is 1. The highest BCUT2D eigenvalue weighted by Gasteiger charge is 2.38. The van der Waals surface area contributed by atoms with Crippen LogP contribution in [0.3, 0.4) is 0 Å². The summed E-state index contributed by atoms with van der Waals surface area (Å²) in [7, 11) is 1.44. The molecule has 3 amide bonds. The van der Waals surface area contributed by atoms with E-state index in [1.807, 2.05) is 0 Å². The van der Waals surface area contributed by atoms with E-state index in [1.165, 1.54) is 7.05 Å². The number of hydrogen-bond donors (Lipinski definition) is 2. The van der Waals surface area contributed by atoms with Crippen molar-refractivity contribution < 1.29 is 23.9 Å². The molecule has 2 N–H and O–H groups in total. The predicted molar refractivity (Wildman–Crippen MR) is 70.2 cm³/mol. The van der Waals surface area contributed by atoms with E-state index in [4.69, 9.17) is 9.47 Å². The fourth-order valence-electron chi connectivity index (χ4n) is 2.20. The molecule has 1 unspecified atom stereocenters. The van der Waals surface area contributed by atoms with Crippen LogP contribution in [-0.4, -0.2) is 36.6 Å². The lowest BCUT2D eigenvalue weighted by Gasteiger charge is -2.08. The van der Waals surface area contributed by atoms with Crippen LogP contribution in [0, 0.1) is 5.92 Å². The molecule has 0 radical (unpaired) electrons. The molecule has 2 aliphatic rings. The molecule has 0 bridgehead atoms. The fraction of sp³-hybridized carbons (Fsp3) is 0.308. The molecular weight excluding hydrogens is 278 g/mol. The summed E-state index contributed by atoms with van der Waals surface area (Å²) in [5, 5.41) is 3.71. The van der Waals surface area contributed by atoms with Crippen molar-refractivity contribution in [2.75, 3.05) is 19.2 Å². The number of nitrogens with zero attached hydrogens (tertiary/aromatic N) is 1. The third kappa shape index (κ3) is 2.47. The molecule has 2 heterocycles. The van der Waals surface area contributed by atoms with Crippen molar-refractivity contribution in [2.45, 2.75) is 6.42 Å². The Morgan fingerprint density at radius 1 is 1.38 bits per heavy atom. The Morgan fingerprint density at radius 3 is 2.86 bits per heavy atom. The van der Waals surface area contributed by atoms with Crippen molar-refractivity contribution in [1.29, 1.82) is 0 Å². The molecule has 0 aliphatic carbocycles. The molecule has 1 fully saturated rings. The normalized spacial score (nSPS) is 19.7. The molecule has 110 valence electrons. The minimum absolute atomic E-state index is 0.149. The Morgan fingerprint density at radius 2 is 2.14 bits per heavy atom. The second-order valence-electron chi connectivity index (χ2n) is 4.75. The van der Waals surface area contributed by atoms with Crippen LogP contribution in [0.4, 0.5) is 5.69 Å². The van der Waals surface area contributed by atoms with E-state index >= 15 is 0 Å². The second-order valence-corrected chi connectivity index (χ2v) is 4.75. The van der Waals surface area contributed by atoms with Gasteiger partial charge in [-0.2, -0.15) is 0 Å². The maximum atomic E-state index is 11.9. The number of nitrogens with one attached hydrogen (secondary N) is 2. The zero-order valence-electron chi connectivity index (χ0n) is 11.2. The first-order valence-corrected chi connectivity index (χ1v) is 6.32. The van der Waals surface area contributed by atoms with Gasteiger partial charge in [0.15, 0.2) is 11.5 Å². The largest absolute Gasteiger partial charge is 0.454 e. The molecule has 21 heavy (non-hydrogen) atoms. The van der Waals surface area contributed by atoms with E-state index in [2.05, 4.69) is 10.7 Å². The first-order valence-electron chi connectivity index (χ1n) is 6.32. The van der Waals surface area contributed by atoms with Crippen LogP contribution in [0.25, 0.3) is 0 Å². The van der Waals surface area contributed by atoms with Gasteiger partial charge in [0, 0.05) is 25.2 Å². The second kappa shape index (κ2) is 4.97. The van der Waals surface area contributed by atoms with Crippen LogP contribution in [0.15, 0.2) is 18.2 Å². The van der Waals surface area contributed by atoms with Crippen molar-refractivity contribution in [2.24, 2.45) is 5.92 Å². The van der Waals surface area contributed by atoms with Gasteiger partial charge in [-0.15, -0.1) is 0 Å². The van der Waals surface area contributed by atoms with Gasteiger partial charge in [0.25, 0.3) is 11.8 Å². The lowest BCUT2D eigenvalue weighted by atomic mass is 10.0. The van der Waals surface area contributed by atoms with Gasteiger partial charge >= 0.3 is 0 Å². The monoisotopic (exact) mass is 291 g/mol. The smallest absolute Gasteiger partial charge is 0.253 e. The number of rotatable bonds is 3. The van der Waals surface area contributed by atoms with Crippen molar-refractivity contribution in [3.05, 3.63) is 18.2 Å². The molecule has 1 aromatic rings. The minimum Gasteiger partial charge on any atom is -0.454 e. The van der Waals surface area contributed by atoms with Crippen molar-refractivity contribution in [3.8, 4) is 11.5 Å². The standard InChI is InChI=1S/C13H13N3O5/c1-16-13(19)8(12(18)15-16)5-11(17)14-7-2-3-9-10(4-7)21-6-20-9/h2-4,8H,5-6H2,1H3,(H,14,17)(H,15,18). The van der Waals surface area contributed by atoms with Gasteiger partial charge in [-0.25, -0.2) is 0 Å². The number of carbonyl (C=O) groups excluding carboxylic acids is 3. The topological polar surface area (TPSA) is 97.0 Å². The van der Waals surface area contributed by atoms with Gasteiger partial charge in [-0.1, -0.05) is 0 Å². The number of carbonyl (C=O) groups is 3. The molecule has 2 aliphatic heterocycles. The maximum Gasteiger partial charge on any atom is 0.253 e. The van der Waals surface area contributed by atoms with Gasteiger partial charge in [-0.3, -0.25) is 24.8 Å². The highest BCUT2D eigenvalue weighted by atomic mass is 16.7. The van der Waals surface area contributed by atoms with Gasteiger partial charge in [0.05, 0.1) is 0 Å². The van der Waals surface area contributed by atoms with Gasteiger partial charge < -0.3 is 14.8 Å². The highest BCUT2D eigenvalue weighted by Crippen LogP contribution is 2.34. The Bertz CT molecular complexity index is 630. The number of benzene rings is 1. The summed E-state index contributed by atoms with van der Waals surface area (Å²) in [6.45, 7) is 0.149. The summed E-state index contributed by atoms with van der Waals surface area (Å²) < 4.78 is 10.4. The Balaban J connectivity index is 1.64. The van der Waals surface area contributed by atoms with Crippen LogP contribution in [-0.2, 0) is 14.4 Å². The zero-order valence-corrected chi connectivity index (χ0v) is 11.2. The summed E-state index contributed by atoms with van der Waals surface area (Å²) in [5.41, 5.74) is 2.87. The average molecular weight is 291 g/mol. The summed E-state index contributed by atoms with van der Waals surface area (Å²) >= 11 is 0. The Kier molecular flexibility index (Phi) is 3.13. The van der Waals surface area contributed by atoms with Gasteiger partial charge in [-0.05, 0) is 12.1 Å². The van der Waals surface area contributed by atoms with Gasteiger partial charge in [0.2, 0.25) is 12.7 Å². The van der Waals surface area contributed by atoms with E-state index in [0.29, 0.717) is 17.2 Å².